The lowest BCUT2D eigenvalue weighted by molar-refractivity contribution is -0.125. The van der Waals surface area contributed by atoms with Crippen molar-refractivity contribution in [3.8, 4) is 11.8 Å². The molecule has 0 saturated carbocycles. The average molecular weight is 590 g/mol. The standard InChI is InChI=1S/C31H31N3O3S3/c1-31(2,40-39-20-22-11-13-25(14-12-22)30(37)33-38)21-32-28(35)17-18-29(36)34-19-26-9-4-3-7-23(26)15-16-24-8-5-6-10-27(24)34/h3-14,38H,17-21H2,1-2H3,(H,32,35)(H,33,37). The molecular weight excluding hydrogens is 559 g/mol. The van der Waals surface area contributed by atoms with Gasteiger partial charge in [0.05, 0.1) is 12.2 Å². The summed E-state index contributed by atoms with van der Waals surface area (Å²) in [7, 11) is 3.38. The first-order valence-corrected chi connectivity index (χ1v) is 15.6. The van der Waals surface area contributed by atoms with Crippen molar-refractivity contribution in [2.45, 2.75) is 43.7 Å². The number of benzene rings is 3. The van der Waals surface area contributed by atoms with Crippen LogP contribution in [0, 0.1) is 11.8 Å². The highest BCUT2D eigenvalue weighted by molar-refractivity contribution is 8.76. The zero-order valence-corrected chi connectivity index (χ0v) is 24.9. The van der Waals surface area contributed by atoms with Crippen LogP contribution in [-0.2, 0) is 21.9 Å². The number of thiol groups is 1. The van der Waals surface area contributed by atoms with Crippen molar-refractivity contribution in [1.82, 2.24) is 10.0 Å². The molecule has 0 radical (unpaired) electrons. The highest BCUT2D eigenvalue weighted by Crippen LogP contribution is 2.37. The van der Waals surface area contributed by atoms with E-state index in [1.807, 2.05) is 60.7 Å². The summed E-state index contributed by atoms with van der Waals surface area (Å²) in [6.07, 6.45) is 0.226. The van der Waals surface area contributed by atoms with Crippen molar-refractivity contribution in [2.24, 2.45) is 0 Å². The van der Waals surface area contributed by atoms with Gasteiger partial charge in [-0.25, -0.2) is 0 Å². The Hall–Kier alpha value is -3.32. The molecule has 0 atom stereocenters. The molecule has 0 aromatic heterocycles. The van der Waals surface area contributed by atoms with Gasteiger partial charge in [-0.15, -0.1) is 0 Å². The van der Waals surface area contributed by atoms with Crippen LogP contribution in [0.25, 0.3) is 0 Å². The van der Waals surface area contributed by atoms with Crippen LogP contribution >= 0.6 is 34.4 Å². The molecular formula is C31H31N3O3S3. The molecule has 3 amide bonds. The second kappa shape index (κ2) is 13.8. The van der Waals surface area contributed by atoms with E-state index < -0.39 is 0 Å². The predicted molar refractivity (Wildman–Crippen MR) is 168 cm³/mol. The summed E-state index contributed by atoms with van der Waals surface area (Å²) in [5.41, 5.74) is 5.12. The number of hydrogen-bond donors (Lipinski definition) is 3. The smallest absolute Gasteiger partial charge is 0.260 e. The maximum atomic E-state index is 13.4. The van der Waals surface area contributed by atoms with E-state index in [9.17, 15) is 14.4 Å². The third-order valence-corrected chi connectivity index (χ3v) is 9.71. The second-order valence-electron chi connectivity index (χ2n) is 9.92. The molecule has 0 unspecified atom stereocenters. The lowest BCUT2D eigenvalue weighted by Crippen LogP contribution is -2.37. The van der Waals surface area contributed by atoms with Crippen LogP contribution in [0.1, 0.15) is 59.3 Å². The first-order valence-electron chi connectivity index (χ1n) is 12.9. The minimum absolute atomic E-state index is 0.108. The third-order valence-electron chi connectivity index (χ3n) is 6.28. The van der Waals surface area contributed by atoms with Crippen LogP contribution in [0.5, 0.6) is 0 Å². The molecule has 0 bridgehead atoms. The van der Waals surface area contributed by atoms with E-state index in [1.165, 1.54) is 0 Å². The van der Waals surface area contributed by atoms with Gasteiger partial charge in [0.2, 0.25) is 11.8 Å². The molecule has 1 aliphatic heterocycles. The normalized spacial score (nSPS) is 12.1. The van der Waals surface area contributed by atoms with Crippen molar-refractivity contribution in [2.75, 3.05) is 11.4 Å². The largest absolute Gasteiger partial charge is 0.355 e. The van der Waals surface area contributed by atoms with Crippen LogP contribution in [0.4, 0.5) is 5.69 Å². The van der Waals surface area contributed by atoms with E-state index >= 15 is 0 Å². The number of rotatable bonds is 10. The van der Waals surface area contributed by atoms with Crippen molar-refractivity contribution in [3.05, 3.63) is 101 Å². The van der Waals surface area contributed by atoms with Gasteiger partial charge in [-0.05, 0) is 55.3 Å². The van der Waals surface area contributed by atoms with Crippen LogP contribution in [-0.4, -0.2) is 29.0 Å². The van der Waals surface area contributed by atoms with Gasteiger partial charge in [0.25, 0.3) is 5.91 Å². The number of amides is 3. The molecule has 6 nitrogen and oxygen atoms in total. The zero-order valence-electron chi connectivity index (χ0n) is 22.4. The van der Waals surface area contributed by atoms with Crippen molar-refractivity contribution in [1.29, 1.82) is 0 Å². The molecule has 1 heterocycles. The maximum absolute atomic E-state index is 13.4. The maximum Gasteiger partial charge on any atom is 0.260 e. The summed E-state index contributed by atoms with van der Waals surface area (Å²) in [5, 5.41) is 3.00. The summed E-state index contributed by atoms with van der Waals surface area (Å²) in [6, 6.07) is 22.9. The van der Waals surface area contributed by atoms with Gasteiger partial charge in [-0.1, -0.05) is 88.7 Å². The van der Waals surface area contributed by atoms with Crippen LogP contribution in [0.3, 0.4) is 0 Å². The third kappa shape index (κ3) is 8.10. The first-order chi connectivity index (χ1) is 19.3. The molecule has 9 heteroatoms. The molecule has 40 heavy (non-hydrogen) atoms. The molecule has 0 fully saturated rings. The van der Waals surface area contributed by atoms with E-state index in [1.54, 1.807) is 38.6 Å². The van der Waals surface area contributed by atoms with Gasteiger partial charge in [-0.3, -0.25) is 19.1 Å². The van der Waals surface area contributed by atoms with Crippen molar-refractivity contribution < 1.29 is 14.4 Å². The lowest BCUT2D eigenvalue weighted by Gasteiger charge is -2.26. The first kappa shape index (κ1) is 29.7. The number of anilines is 1. The Kier molecular flexibility index (Phi) is 10.3. The highest BCUT2D eigenvalue weighted by Gasteiger charge is 2.23. The number of fused-ring (bicyclic) bond motifs is 2. The van der Waals surface area contributed by atoms with E-state index in [2.05, 4.69) is 48.5 Å². The quantitative estimate of drug-likeness (QED) is 0.159. The number of para-hydroxylation sites is 1. The molecule has 3 aromatic carbocycles. The van der Waals surface area contributed by atoms with Gasteiger partial charge >= 0.3 is 0 Å². The predicted octanol–water partition coefficient (Wildman–Crippen LogP) is 5.76. The number of carbonyl (C=O) groups is 3. The molecule has 0 spiro atoms. The van der Waals surface area contributed by atoms with Crippen molar-refractivity contribution in [3.63, 3.8) is 0 Å². The fourth-order valence-electron chi connectivity index (χ4n) is 4.07. The Morgan fingerprint density at radius 2 is 1.60 bits per heavy atom. The number of carbonyl (C=O) groups excluding carboxylic acids is 3. The molecule has 2 N–H and O–H groups in total. The SMILES string of the molecule is CC(C)(CNC(=O)CCC(=O)N1Cc2ccccc2C#Cc2ccccc21)SSCc1ccc(C(=O)NS)cc1. The molecule has 1 aliphatic rings. The molecule has 0 aliphatic carbocycles. The zero-order chi connectivity index (χ0) is 28.5. The van der Waals surface area contributed by atoms with Gasteiger partial charge in [0.1, 0.15) is 0 Å². The van der Waals surface area contributed by atoms with Crippen LogP contribution in [0.2, 0.25) is 0 Å². The lowest BCUT2D eigenvalue weighted by atomic mass is 10.0. The summed E-state index contributed by atoms with van der Waals surface area (Å²) >= 11 is 3.79. The summed E-state index contributed by atoms with van der Waals surface area (Å²) in [4.78, 5) is 39.4. The van der Waals surface area contributed by atoms with Crippen LogP contribution in [0.15, 0.2) is 72.8 Å². The molecule has 206 valence electrons. The van der Waals surface area contributed by atoms with E-state index in [4.69, 9.17) is 0 Å². The molecule has 3 aromatic rings. The van der Waals surface area contributed by atoms with Crippen molar-refractivity contribution >= 4 is 57.8 Å². The second-order valence-corrected chi connectivity index (χ2v) is 13.2. The Balaban J connectivity index is 1.26. The number of nitrogens with zero attached hydrogens (tertiary/aromatic N) is 1. The Morgan fingerprint density at radius 3 is 2.35 bits per heavy atom. The fourth-order valence-corrected chi connectivity index (χ4v) is 6.75. The topological polar surface area (TPSA) is 78.5 Å². The summed E-state index contributed by atoms with van der Waals surface area (Å²) in [5.74, 6) is 6.70. The Bertz CT molecular complexity index is 1450. The number of hydrogen-bond acceptors (Lipinski definition) is 6. The highest BCUT2D eigenvalue weighted by atomic mass is 33.1. The minimum atomic E-state index is -0.234. The molecule has 0 saturated heterocycles. The fraction of sp³-hybridized carbons (Fsp3) is 0.258. The minimum Gasteiger partial charge on any atom is -0.355 e. The van der Waals surface area contributed by atoms with E-state index in [0.717, 1.165) is 33.7 Å². The van der Waals surface area contributed by atoms with E-state index in [0.29, 0.717) is 18.7 Å². The van der Waals surface area contributed by atoms with Crippen LogP contribution < -0.4 is 14.9 Å². The van der Waals surface area contributed by atoms with Gasteiger partial charge in [0, 0.05) is 46.6 Å². The molecule has 4 rings (SSSR count). The van der Waals surface area contributed by atoms with Gasteiger partial charge in [0.15, 0.2) is 0 Å². The summed E-state index contributed by atoms with van der Waals surface area (Å²) in [6.45, 7) is 5.04. The monoisotopic (exact) mass is 589 g/mol. The van der Waals surface area contributed by atoms with Gasteiger partial charge in [-0.2, -0.15) is 0 Å². The van der Waals surface area contributed by atoms with Gasteiger partial charge < -0.3 is 10.2 Å². The van der Waals surface area contributed by atoms with E-state index in [-0.39, 0.29) is 35.3 Å². The average Bonchev–Trinajstić information content (AvgIpc) is 2.96. The Labute approximate surface area is 249 Å². The summed E-state index contributed by atoms with van der Waals surface area (Å²) < 4.78 is 2.11. The Morgan fingerprint density at radius 1 is 0.925 bits per heavy atom. The number of nitrogens with one attached hydrogen (secondary N) is 2.